The fourth-order valence-corrected chi connectivity index (χ4v) is 3.87. The molecule has 0 atom stereocenters. The predicted molar refractivity (Wildman–Crippen MR) is 132 cm³/mol. The largest absolute Gasteiger partial charge is 0.491 e. The summed E-state index contributed by atoms with van der Waals surface area (Å²) in [4.78, 5) is 8.76. The second-order valence-corrected chi connectivity index (χ2v) is 8.09. The minimum Gasteiger partial charge on any atom is -0.491 e. The van der Waals surface area contributed by atoms with Gasteiger partial charge in [0.15, 0.2) is 0 Å². The molecule has 0 spiro atoms. The monoisotopic (exact) mass is 450 g/mol. The van der Waals surface area contributed by atoms with Crippen LogP contribution in [0.4, 0.5) is 0 Å². The van der Waals surface area contributed by atoms with Crippen LogP contribution in [0.5, 0.6) is 11.5 Å². The first-order chi connectivity index (χ1) is 16.8. The van der Waals surface area contributed by atoms with Crippen LogP contribution in [0, 0.1) is 22.7 Å². The van der Waals surface area contributed by atoms with E-state index in [4.69, 9.17) is 20.0 Å². The molecule has 6 nitrogen and oxygen atoms in total. The lowest BCUT2D eigenvalue weighted by molar-refractivity contribution is 0.299. The third-order valence-electron chi connectivity index (χ3n) is 5.65. The lowest BCUT2D eigenvalue weighted by atomic mass is 10.1. The summed E-state index contributed by atoms with van der Waals surface area (Å²) in [5.41, 5.74) is 2.28. The number of unbranched alkanes of at least 4 members (excludes halogenated alkanes) is 5. The number of pyridine rings is 2. The molecule has 2 aromatic heterocycles. The Hall–Kier alpha value is -4.16. The molecule has 0 unspecified atom stereocenters. The molecule has 4 aromatic rings. The van der Waals surface area contributed by atoms with Gasteiger partial charge in [0.05, 0.1) is 13.2 Å². The maximum Gasteiger partial charge on any atom is 0.145 e. The summed E-state index contributed by atoms with van der Waals surface area (Å²) >= 11 is 0. The van der Waals surface area contributed by atoms with Crippen LogP contribution in [0.2, 0.25) is 0 Å². The van der Waals surface area contributed by atoms with Crippen LogP contribution < -0.4 is 9.47 Å². The van der Waals surface area contributed by atoms with E-state index in [1.54, 1.807) is 12.1 Å². The molecule has 34 heavy (non-hydrogen) atoms. The van der Waals surface area contributed by atoms with Crippen molar-refractivity contribution in [2.75, 3.05) is 13.2 Å². The van der Waals surface area contributed by atoms with Gasteiger partial charge in [-0.3, -0.25) is 0 Å². The molecule has 0 N–H and O–H groups in total. The molecule has 2 heterocycles. The lowest BCUT2D eigenvalue weighted by Gasteiger charge is -2.09. The van der Waals surface area contributed by atoms with E-state index in [0.29, 0.717) is 24.6 Å². The summed E-state index contributed by atoms with van der Waals surface area (Å²) in [6.07, 6.45) is 6.47. The van der Waals surface area contributed by atoms with E-state index in [2.05, 4.69) is 22.1 Å². The zero-order valence-electron chi connectivity index (χ0n) is 19.0. The van der Waals surface area contributed by atoms with E-state index in [1.807, 2.05) is 48.5 Å². The Morgan fingerprint density at radius 2 is 1.00 bits per heavy atom. The van der Waals surface area contributed by atoms with Crippen molar-refractivity contribution in [2.45, 2.75) is 38.5 Å². The second-order valence-electron chi connectivity index (χ2n) is 8.09. The van der Waals surface area contributed by atoms with Crippen LogP contribution in [0.1, 0.15) is 49.9 Å². The van der Waals surface area contributed by atoms with Crippen LogP contribution >= 0.6 is 0 Å². The first-order valence-electron chi connectivity index (χ1n) is 11.6. The maximum absolute atomic E-state index is 9.08. The topological polar surface area (TPSA) is 91.8 Å². The van der Waals surface area contributed by atoms with Crippen molar-refractivity contribution in [1.82, 2.24) is 9.97 Å². The minimum absolute atomic E-state index is 0.399. The Kier molecular flexibility index (Phi) is 7.87. The Balaban J connectivity index is 1.13. The van der Waals surface area contributed by atoms with Crippen LogP contribution in [0.15, 0.2) is 60.7 Å². The van der Waals surface area contributed by atoms with Gasteiger partial charge in [-0.15, -0.1) is 0 Å². The fraction of sp³-hybridized carbons (Fsp3) is 0.286. The highest BCUT2D eigenvalue weighted by Crippen LogP contribution is 2.25. The maximum atomic E-state index is 9.08. The summed E-state index contributed by atoms with van der Waals surface area (Å²) in [6, 6.07) is 23.1. The van der Waals surface area contributed by atoms with E-state index in [0.717, 1.165) is 71.8 Å². The smallest absolute Gasteiger partial charge is 0.145 e. The fourth-order valence-electron chi connectivity index (χ4n) is 3.87. The second kappa shape index (κ2) is 11.6. The molecule has 0 amide bonds. The number of rotatable bonds is 11. The highest BCUT2D eigenvalue weighted by Gasteiger charge is 2.06. The third-order valence-corrected chi connectivity index (χ3v) is 5.65. The number of aromatic nitrogens is 2. The molecule has 0 aliphatic rings. The standard InChI is InChI=1S/C28H26N4O2/c29-19-23-15-13-21-9-7-11-25(27(21)31-23)33-17-5-3-1-2-4-6-18-34-26-12-8-10-22-14-16-24(20-30)32-28(22)26/h7-16H,1-6,17-18H2. The Bertz CT molecular complexity index is 1250. The van der Waals surface area contributed by atoms with Crippen molar-refractivity contribution in [3.8, 4) is 23.6 Å². The first-order valence-corrected chi connectivity index (χ1v) is 11.6. The molecule has 0 radical (unpaired) electrons. The van der Waals surface area contributed by atoms with Crippen molar-refractivity contribution < 1.29 is 9.47 Å². The summed E-state index contributed by atoms with van der Waals surface area (Å²) in [5.74, 6) is 1.47. The van der Waals surface area contributed by atoms with Crippen LogP contribution in [0.3, 0.4) is 0 Å². The van der Waals surface area contributed by atoms with Gasteiger partial charge in [-0.05, 0) is 49.2 Å². The molecule has 170 valence electrons. The highest BCUT2D eigenvalue weighted by atomic mass is 16.5. The van der Waals surface area contributed by atoms with Crippen molar-refractivity contribution >= 4 is 21.8 Å². The van der Waals surface area contributed by atoms with Gasteiger partial charge in [-0.2, -0.15) is 10.5 Å². The van der Waals surface area contributed by atoms with Gasteiger partial charge in [0.1, 0.15) is 46.1 Å². The summed E-state index contributed by atoms with van der Waals surface area (Å²) < 4.78 is 11.9. The zero-order chi connectivity index (χ0) is 23.6. The highest BCUT2D eigenvalue weighted by molar-refractivity contribution is 5.85. The van der Waals surface area contributed by atoms with Gasteiger partial charge in [0.25, 0.3) is 0 Å². The Morgan fingerprint density at radius 3 is 1.44 bits per heavy atom. The molecule has 0 saturated heterocycles. The quantitative estimate of drug-likeness (QED) is 0.248. The van der Waals surface area contributed by atoms with Gasteiger partial charge >= 0.3 is 0 Å². The molecule has 0 saturated carbocycles. The van der Waals surface area contributed by atoms with Gasteiger partial charge in [0, 0.05) is 10.8 Å². The van der Waals surface area contributed by atoms with Crippen molar-refractivity contribution in [1.29, 1.82) is 10.5 Å². The van der Waals surface area contributed by atoms with Crippen molar-refractivity contribution in [2.24, 2.45) is 0 Å². The van der Waals surface area contributed by atoms with Gasteiger partial charge < -0.3 is 9.47 Å². The molecule has 4 rings (SSSR count). The van der Waals surface area contributed by atoms with E-state index in [1.165, 1.54) is 0 Å². The first kappa shape index (κ1) is 23.0. The zero-order valence-corrected chi connectivity index (χ0v) is 19.0. The minimum atomic E-state index is 0.399. The van der Waals surface area contributed by atoms with E-state index >= 15 is 0 Å². The number of hydrogen-bond donors (Lipinski definition) is 0. The molecule has 6 heteroatoms. The van der Waals surface area contributed by atoms with Crippen LogP contribution in [-0.4, -0.2) is 23.2 Å². The van der Waals surface area contributed by atoms with E-state index in [9.17, 15) is 0 Å². The number of para-hydroxylation sites is 2. The van der Waals surface area contributed by atoms with Gasteiger partial charge in [0.2, 0.25) is 0 Å². The SMILES string of the molecule is N#Cc1ccc2cccc(OCCCCCCCCOc3cccc4ccc(C#N)nc34)c2n1. The molecule has 0 aliphatic heterocycles. The van der Waals surface area contributed by atoms with Crippen LogP contribution in [0.25, 0.3) is 21.8 Å². The van der Waals surface area contributed by atoms with Gasteiger partial charge in [-0.1, -0.05) is 49.9 Å². The number of nitriles is 2. The molecule has 0 fully saturated rings. The molecule has 2 aromatic carbocycles. The van der Waals surface area contributed by atoms with E-state index < -0.39 is 0 Å². The normalized spacial score (nSPS) is 10.6. The number of hydrogen-bond acceptors (Lipinski definition) is 6. The van der Waals surface area contributed by atoms with Gasteiger partial charge in [-0.25, -0.2) is 9.97 Å². The molecule has 0 bridgehead atoms. The van der Waals surface area contributed by atoms with Crippen LogP contribution in [-0.2, 0) is 0 Å². The molecular formula is C28H26N4O2. The third kappa shape index (κ3) is 5.79. The number of nitrogens with zero attached hydrogens (tertiary/aromatic N) is 4. The molecular weight excluding hydrogens is 424 g/mol. The Labute approximate surface area is 199 Å². The lowest BCUT2D eigenvalue weighted by Crippen LogP contribution is -2.00. The van der Waals surface area contributed by atoms with Crippen molar-refractivity contribution in [3.63, 3.8) is 0 Å². The summed E-state index contributed by atoms with van der Waals surface area (Å²) in [6.45, 7) is 1.28. The van der Waals surface area contributed by atoms with Crippen molar-refractivity contribution in [3.05, 3.63) is 72.1 Å². The van der Waals surface area contributed by atoms with E-state index in [-0.39, 0.29) is 0 Å². The molecule has 0 aliphatic carbocycles. The number of fused-ring (bicyclic) bond motifs is 2. The average Bonchev–Trinajstić information content (AvgIpc) is 2.89. The summed E-state index contributed by atoms with van der Waals surface area (Å²) in [7, 11) is 0. The average molecular weight is 451 g/mol. The predicted octanol–water partition coefficient (Wildman–Crippen LogP) is 6.32. The Morgan fingerprint density at radius 1 is 0.559 bits per heavy atom. The summed E-state index contributed by atoms with van der Waals surface area (Å²) in [5, 5.41) is 20.1. The number of ether oxygens (including phenoxy) is 2. The number of benzene rings is 2.